The van der Waals surface area contributed by atoms with E-state index in [-0.39, 0.29) is 11.9 Å². The number of amides is 1. The first-order valence-electron chi connectivity index (χ1n) is 8.26. The molecular weight excluding hydrogens is 308 g/mol. The summed E-state index contributed by atoms with van der Waals surface area (Å²) in [4.78, 5) is 16.1. The van der Waals surface area contributed by atoms with Crippen molar-refractivity contribution in [3.63, 3.8) is 0 Å². The lowest BCUT2D eigenvalue weighted by Gasteiger charge is -2.26. The zero-order valence-corrected chi connectivity index (χ0v) is 14.5. The molecule has 2 aromatic heterocycles. The molecule has 1 aliphatic heterocycles. The summed E-state index contributed by atoms with van der Waals surface area (Å²) in [7, 11) is 0. The van der Waals surface area contributed by atoms with Crippen LogP contribution in [0.2, 0.25) is 0 Å². The van der Waals surface area contributed by atoms with Crippen molar-refractivity contribution < 1.29 is 4.79 Å². The average molecular weight is 332 g/mol. The largest absolute Gasteiger partial charge is 0.349 e. The predicted molar refractivity (Wildman–Crippen MR) is 92.9 cm³/mol. The minimum atomic E-state index is -0.103. The maximum absolute atomic E-state index is 12.4. The zero-order valence-electron chi connectivity index (χ0n) is 13.7. The molecule has 5 nitrogen and oxygen atoms in total. The molecule has 0 saturated carbocycles. The Labute approximate surface area is 141 Å². The molecule has 0 radical (unpaired) electrons. The second-order valence-electron chi connectivity index (χ2n) is 6.35. The van der Waals surface area contributed by atoms with Gasteiger partial charge in [0.15, 0.2) is 0 Å². The van der Waals surface area contributed by atoms with Gasteiger partial charge in [0, 0.05) is 17.1 Å². The van der Waals surface area contributed by atoms with Gasteiger partial charge in [0.05, 0.1) is 6.04 Å². The first-order chi connectivity index (χ1) is 11.1. The lowest BCUT2D eigenvalue weighted by molar-refractivity contribution is 0.0933. The molecule has 0 unspecified atom stereocenters. The van der Waals surface area contributed by atoms with Crippen LogP contribution in [0.15, 0.2) is 23.6 Å². The van der Waals surface area contributed by atoms with Gasteiger partial charge in [-0.1, -0.05) is 19.9 Å². The molecule has 1 atom stereocenters. The Bertz CT molecular complexity index is 629. The van der Waals surface area contributed by atoms with Crippen LogP contribution in [0, 0.1) is 0 Å². The number of hydrogen-bond donors (Lipinski definition) is 2. The van der Waals surface area contributed by atoms with E-state index >= 15 is 0 Å². The number of H-pyrrole nitrogens is 1. The monoisotopic (exact) mass is 332 g/mol. The molecule has 124 valence electrons. The number of nitrogens with one attached hydrogen (secondary N) is 2. The smallest absolute Gasteiger partial charge is 0.271 e. The number of rotatable bonds is 6. The van der Waals surface area contributed by atoms with Crippen LogP contribution in [0.1, 0.15) is 59.7 Å². The average Bonchev–Trinajstić information content (AvgIpc) is 3.29. The van der Waals surface area contributed by atoms with Gasteiger partial charge in [0.2, 0.25) is 0 Å². The summed E-state index contributed by atoms with van der Waals surface area (Å²) >= 11 is 1.76. The van der Waals surface area contributed by atoms with Crippen molar-refractivity contribution >= 4 is 17.2 Å². The van der Waals surface area contributed by atoms with Gasteiger partial charge in [-0.2, -0.15) is 5.10 Å². The molecule has 1 saturated heterocycles. The van der Waals surface area contributed by atoms with E-state index in [1.54, 1.807) is 11.3 Å². The number of thiophene rings is 1. The molecule has 0 bridgehead atoms. The van der Waals surface area contributed by atoms with E-state index in [4.69, 9.17) is 0 Å². The lowest BCUT2D eigenvalue weighted by atomic mass is 10.1. The summed E-state index contributed by atoms with van der Waals surface area (Å²) < 4.78 is 0. The number of nitrogens with zero attached hydrogens (tertiary/aromatic N) is 2. The van der Waals surface area contributed by atoms with Crippen molar-refractivity contribution in [2.75, 3.05) is 19.6 Å². The number of aromatic amines is 1. The lowest BCUT2D eigenvalue weighted by Crippen LogP contribution is -2.36. The van der Waals surface area contributed by atoms with Crippen LogP contribution < -0.4 is 5.32 Å². The summed E-state index contributed by atoms with van der Waals surface area (Å²) in [6, 6.07) is 6.35. The molecule has 0 aliphatic carbocycles. The quantitative estimate of drug-likeness (QED) is 0.854. The normalized spacial score (nSPS) is 16.8. The highest BCUT2D eigenvalue weighted by molar-refractivity contribution is 7.10. The summed E-state index contributed by atoms with van der Waals surface area (Å²) in [5, 5.41) is 12.2. The van der Waals surface area contributed by atoms with Gasteiger partial charge in [-0.3, -0.25) is 14.8 Å². The zero-order chi connectivity index (χ0) is 16.2. The molecule has 1 amide bonds. The van der Waals surface area contributed by atoms with Gasteiger partial charge in [-0.25, -0.2) is 0 Å². The number of likely N-dealkylation sites (tertiary alicyclic amines) is 1. The summed E-state index contributed by atoms with van der Waals surface area (Å²) in [5.74, 6) is 0.237. The first kappa shape index (κ1) is 16.2. The van der Waals surface area contributed by atoms with Crippen LogP contribution in [0.5, 0.6) is 0 Å². The summed E-state index contributed by atoms with van der Waals surface area (Å²) in [6.45, 7) is 7.00. The molecule has 3 rings (SSSR count). The standard InChI is InChI=1S/C17H24N4OS/c1-12(2)13-10-14(20-19-13)17(22)18-11-15(16-6-5-9-23-16)21-7-3-4-8-21/h5-6,9-10,12,15H,3-4,7-8,11H2,1-2H3,(H,18,22)(H,19,20)/t15-/m1/s1. The highest BCUT2D eigenvalue weighted by Gasteiger charge is 2.25. The van der Waals surface area contributed by atoms with Crippen molar-refractivity contribution in [2.45, 2.75) is 38.6 Å². The minimum absolute atomic E-state index is 0.103. The fourth-order valence-electron chi connectivity index (χ4n) is 2.97. The van der Waals surface area contributed by atoms with Crippen molar-refractivity contribution in [1.82, 2.24) is 20.4 Å². The van der Waals surface area contributed by atoms with E-state index in [0.717, 1.165) is 18.8 Å². The Kier molecular flexibility index (Phi) is 5.13. The highest BCUT2D eigenvalue weighted by atomic mass is 32.1. The van der Waals surface area contributed by atoms with Crippen LogP contribution >= 0.6 is 11.3 Å². The molecule has 0 spiro atoms. The fourth-order valence-corrected chi connectivity index (χ4v) is 3.83. The minimum Gasteiger partial charge on any atom is -0.349 e. The molecule has 1 fully saturated rings. The Hall–Kier alpha value is -1.66. The van der Waals surface area contributed by atoms with Gasteiger partial charge in [0.25, 0.3) is 5.91 Å². The van der Waals surface area contributed by atoms with Gasteiger partial charge in [0.1, 0.15) is 5.69 Å². The molecule has 0 aromatic carbocycles. The SMILES string of the molecule is CC(C)c1cc(C(=O)NC[C@H](c2cccs2)N2CCCC2)n[nH]1. The van der Waals surface area contributed by atoms with Crippen LogP contribution in [-0.2, 0) is 0 Å². The Morgan fingerprint density at radius 1 is 1.43 bits per heavy atom. The van der Waals surface area contributed by atoms with E-state index < -0.39 is 0 Å². The van der Waals surface area contributed by atoms with E-state index in [2.05, 4.69) is 51.8 Å². The van der Waals surface area contributed by atoms with E-state index in [1.165, 1.54) is 17.7 Å². The summed E-state index contributed by atoms with van der Waals surface area (Å²) in [5.41, 5.74) is 1.46. The Morgan fingerprint density at radius 3 is 2.83 bits per heavy atom. The Balaban J connectivity index is 1.64. The molecule has 2 aromatic rings. The maximum Gasteiger partial charge on any atom is 0.271 e. The maximum atomic E-state index is 12.4. The predicted octanol–water partition coefficient (Wildman–Crippen LogP) is 3.16. The van der Waals surface area contributed by atoms with Gasteiger partial charge in [-0.15, -0.1) is 11.3 Å². The van der Waals surface area contributed by atoms with Crippen LogP contribution in [0.3, 0.4) is 0 Å². The van der Waals surface area contributed by atoms with Gasteiger partial charge < -0.3 is 5.32 Å². The van der Waals surface area contributed by atoms with Gasteiger partial charge >= 0.3 is 0 Å². The molecule has 1 aliphatic rings. The van der Waals surface area contributed by atoms with E-state index in [9.17, 15) is 4.79 Å². The fraction of sp³-hybridized carbons (Fsp3) is 0.529. The van der Waals surface area contributed by atoms with Crippen molar-refractivity contribution in [3.05, 3.63) is 39.8 Å². The second-order valence-corrected chi connectivity index (χ2v) is 7.33. The summed E-state index contributed by atoms with van der Waals surface area (Å²) in [6.07, 6.45) is 2.49. The molecular formula is C17H24N4OS. The highest BCUT2D eigenvalue weighted by Crippen LogP contribution is 2.27. The topological polar surface area (TPSA) is 61.0 Å². The number of carbonyl (C=O) groups is 1. The third-order valence-electron chi connectivity index (χ3n) is 4.36. The van der Waals surface area contributed by atoms with Crippen molar-refractivity contribution in [2.24, 2.45) is 0 Å². The first-order valence-corrected chi connectivity index (χ1v) is 9.14. The van der Waals surface area contributed by atoms with Crippen LogP contribution in [0.4, 0.5) is 0 Å². The third-order valence-corrected chi connectivity index (χ3v) is 5.33. The van der Waals surface area contributed by atoms with Crippen molar-refractivity contribution in [1.29, 1.82) is 0 Å². The molecule has 3 heterocycles. The number of carbonyl (C=O) groups excluding carboxylic acids is 1. The molecule has 6 heteroatoms. The third kappa shape index (κ3) is 3.82. The van der Waals surface area contributed by atoms with E-state index in [0.29, 0.717) is 18.2 Å². The molecule has 2 N–H and O–H groups in total. The molecule has 23 heavy (non-hydrogen) atoms. The Morgan fingerprint density at radius 2 is 2.22 bits per heavy atom. The van der Waals surface area contributed by atoms with Gasteiger partial charge in [-0.05, 0) is 49.4 Å². The second kappa shape index (κ2) is 7.27. The number of hydrogen-bond acceptors (Lipinski definition) is 4. The van der Waals surface area contributed by atoms with Crippen molar-refractivity contribution in [3.8, 4) is 0 Å². The van der Waals surface area contributed by atoms with E-state index in [1.807, 2.05) is 6.07 Å². The number of aromatic nitrogens is 2. The van der Waals surface area contributed by atoms with Crippen LogP contribution in [0.25, 0.3) is 0 Å². The van der Waals surface area contributed by atoms with Crippen LogP contribution in [-0.4, -0.2) is 40.6 Å².